The number of hydrogen-bond acceptors (Lipinski definition) is 11. The maximum atomic E-state index is 12.9. The SMILES string of the molecule is COc1cc(C2=NOC(C3=CC(OCC(=O)Nc4nc5cc(C)c(C)cc5s4)C(OC)(OC)C=C3)C2)cc(OC)c1OC. The van der Waals surface area contributed by atoms with Crippen molar-refractivity contribution in [2.24, 2.45) is 5.16 Å². The van der Waals surface area contributed by atoms with Gasteiger partial charge in [0, 0.05) is 26.2 Å². The van der Waals surface area contributed by atoms with E-state index in [-0.39, 0.29) is 12.5 Å². The van der Waals surface area contributed by atoms with E-state index in [9.17, 15) is 4.79 Å². The number of fused-ring (bicyclic) bond motifs is 1. The molecule has 3 aromatic rings. The first-order valence-corrected chi connectivity index (χ1v) is 14.4. The minimum absolute atomic E-state index is 0.247. The lowest BCUT2D eigenvalue weighted by Crippen LogP contribution is -2.47. The summed E-state index contributed by atoms with van der Waals surface area (Å²) in [6.45, 7) is 3.84. The first kappa shape index (κ1) is 30.5. The Kier molecular flexibility index (Phi) is 9.02. The summed E-state index contributed by atoms with van der Waals surface area (Å²) in [4.78, 5) is 23.3. The summed E-state index contributed by atoms with van der Waals surface area (Å²) < 4.78 is 34.9. The fourth-order valence-electron chi connectivity index (χ4n) is 5.01. The molecule has 2 unspecified atom stereocenters. The minimum Gasteiger partial charge on any atom is -0.493 e. The van der Waals surface area contributed by atoms with Gasteiger partial charge >= 0.3 is 0 Å². The van der Waals surface area contributed by atoms with Gasteiger partial charge in [0.15, 0.2) is 22.7 Å². The number of ether oxygens (including phenoxy) is 6. The topological polar surface area (TPSA) is 119 Å². The number of nitrogens with one attached hydrogen (secondary N) is 1. The van der Waals surface area contributed by atoms with Gasteiger partial charge in [-0.3, -0.25) is 10.1 Å². The number of nitrogens with zero attached hydrogens (tertiary/aromatic N) is 2. The van der Waals surface area contributed by atoms with Gasteiger partial charge in [-0.25, -0.2) is 4.98 Å². The molecular formula is C31H35N3O8S. The molecule has 12 heteroatoms. The Hall–Kier alpha value is -3.97. The number of methoxy groups -OCH3 is 5. The van der Waals surface area contributed by atoms with E-state index in [1.807, 2.05) is 37.3 Å². The highest BCUT2D eigenvalue weighted by atomic mass is 32.1. The van der Waals surface area contributed by atoms with Gasteiger partial charge in [0.1, 0.15) is 12.7 Å². The number of carbonyl (C=O) groups excluding carboxylic acids is 1. The molecule has 228 valence electrons. The largest absolute Gasteiger partial charge is 0.493 e. The van der Waals surface area contributed by atoms with E-state index in [2.05, 4.69) is 28.4 Å². The molecule has 0 radical (unpaired) electrons. The van der Waals surface area contributed by atoms with E-state index in [4.69, 9.17) is 33.3 Å². The van der Waals surface area contributed by atoms with Crippen molar-refractivity contribution in [3.63, 3.8) is 0 Å². The van der Waals surface area contributed by atoms with Crippen molar-refractivity contribution in [3.05, 3.63) is 64.8 Å². The molecule has 43 heavy (non-hydrogen) atoms. The van der Waals surface area contributed by atoms with Gasteiger partial charge in [0.2, 0.25) is 11.5 Å². The van der Waals surface area contributed by atoms with Gasteiger partial charge in [-0.1, -0.05) is 22.6 Å². The monoisotopic (exact) mass is 609 g/mol. The molecule has 2 aromatic carbocycles. The van der Waals surface area contributed by atoms with E-state index in [1.165, 1.54) is 31.1 Å². The van der Waals surface area contributed by atoms with Crippen molar-refractivity contribution >= 4 is 38.3 Å². The van der Waals surface area contributed by atoms with Crippen LogP contribution >= 0.6 is 11.3 Å². The Morgan fingerprint density at radius 1 is 1.02 bits per heavy atom. The molecule has 0 saturated carbocycles. The quantitative estimate of drug-likeness (QED) is 0.302. The van der Waals surface area contributed by atoms with Crippen molar-refractivity contribution < 1.29 is 38.1 Å². The second kappa shape index (κ2) is 12.7. The molecule has 0 bridgehead atoms. The fraction of sp³-hybridized carbons (Fsp3) is 0.387. The molecule has 0 fully saturated rings. The van der Waals surface area contributed by atoms with E-state index < -0.39 is 18.0 Å². The molecule has 2 aliphatic rings. The van der Waals surface area contributed by atoms with Crippen LogP contribution < -0.4 is 19.5 Å². The summed E-state index contributed by atoms with van der Waals surface area (Å²) in [5.41, 5.74) is 5.47. The van der Waals surface area contributed by atoms with Crippen LogP contribution in [0.5, 0.6) is 17.2 Å². The van der Waals surface area contributed by atoms with E-state index in [0.29, 0.717) is 34.5 Å². The van der Waals surface area contributed by atoms with E-state index in [0.717, 1.165) is 26.9 Å². The predicted octanol–water partition coefficient (Wildman–Crippen LogP) is 4.94. The molecule has 1 aliphatic heterocycles. The molecular weight excluding hydrogens is 574 g/mol. The number of hydrogen-bond donors (Lipinski definition) is 1. The molecule has 1 N–H and O–H groups in total. The third-order valence-corrected chi connectivity index (χ3v) is 8.50. The first-order valence-electron chi connectivity index (χ1n) is 13.6. The molecule has 1 amide bonds. The number of rotatable bonds is 11. The number of carbonyl (C=O) groups is 1. The van der Waals surface area contributed by atoms with Crippen LogP contribution in [0.3, 0.4) is 0 Å². The molecule has 0 spiro atoms. The highest BCUT2D eigenvalue weighted by molar-refractivity contribution is 7.22. The lowest BCUT2D eigenvalue weighted by molar-refractivity contribution is -0.225. The molecule has 1 aliphatic carbocycles. The summed E-state index contributed by atoms with van der Waals surface area (Å²) >= 11 is 1.42. The fourth-order valence-corrected chi connectivity index (χ4v) is 5.97. The van der Waals surface area contributed by atoms with Crippen molar-refractivity contribution in [1.82, 2.24) is 4.98 Å². The average Bonchev–Trinajstić information content (AvgIpc) is 3.66. The summed E-state index contributed by atoms with van der Waals surface area (Å²) in [7, 11) is 7.72. The van der Waals surface area contributed by atoms with Crippen molar-refractivity contribution in [2.75, 3.05) is 47.5 Å². The molecule has 11 nitrogen and oxygen atoms in total. The Morgan fingerprint density at radius 3 is 2.37 bits per heavy atom. The maximum Gasteiger partial charge on any atom is 0.252 e. The molecule has 1 aromatic heterocycles. The lowest BCUT2D eigenvalue weighted by atomic mass is 9.92. The normalized spacial score (nSPS) is 19.0. The Bertz CT molecular complexity index is 1540. The number of anilines is 1. The van der Waals surface area contributed by atoms with Crippen LogP contribution in [0.1, 0.15) is 23.1 Å². The Balaban J connectivity index is 1.29. The van der Waals surface area contributed by atoms with Crippen LogP contribution in [0.2, 0.25) is 0 Å². The van der Waals surface area contributed by atoms with Crippen LogP contribution in [0.25, 0.3) is 10.2 Å². The highest BCUT2D eigenvalue weighted by Gasteiger charge is 2.41. The van der Waals surface area contributed by atoms with Crippen LogP contribution in [0.15, 0.2) is 53.2 Å². The van der Waals surface area contributed by atoms with Gasteiger partial charge in [0.05, 0.1) is 37.3 Å². The van der Waals surface area contributed by atoms with Gasteiger partial charge in [-0.2, -0.15) is 0 Å². The van der Waals surface area contributed by atoms with E-state index in [1.54, 1.807) is 27.4 Å². The maximum absolute atomic E-state index is 12.9. The van der Waals surface area contributed by atoms with Crippen LogP contribution in [0.4, 0.5) is 5.13 Å². The molecule has 5 rings (SSSR count). The third-order valence-electron chi connectivity index (χ3n) is 7.57. The average molecular weight is 610 g/mol. The zero-order valence-electron chi connectivity index (χ0n) is 25.2. The summed E-state index contributed by atoms with van der Waals surface area (Å²) in [5, 5.41) is 7.69. The Labute approximate surface area is 254 Å². The number of amides is 1. The summed E-state index contributed by atoms with van der Waals surface area (Å²) in [5.74, 6) is -0.0350. The number of benzene rings is 2. The van der Waals surface area contributed by atoms with Gasteiger partial charge in [-0.15, -0.1) is 0 Å². The Morgan fingerprint density at radius 2 is 1.72 bits per heavy atom. The number of aromatic nitrogens is 1. The molecule has 0 saturated heterocycles. The van der Waals surface area contributed by atoms with Crippen LogP contribution in [0, 0.1) is 13.8 Å². The molecule has 2 heterocycles. The summed E-state index contributed by atoms with van der Waals surface area (Å²) in [6, 6.07) is 7.75. The van der Waals surface area contributed by atoms with Gasteiger partial charge < -0.3 is 33.3 Å². The number of thiazole rings is 1. The predicted molar refractivity (Wildman–Crippen MR) is 164 cm³/mol. The van der Waals surface area contributed by atoms with Crippen molar-refractivity contribution in [3.8, 4) is 17.2 Å². The standard InChI is InChI=1S/C31H35N3O8S/c1-17-10-22-26(11-18(17)2)43-30(32-22)33-28(35)16-41-27-14-19(8-9-31(27,39-6)40-7)23-15-21(34-42-23)20-12-24(36-3)29(38-5)25(13-20)37-4/h8-14,23,27H,15-16H2,1-7H3,(H,32,33,35). The highest BCUT2D eigenvalue weighted by Crippen LogP contribution is 2.40. The lowest BCUT2D eigenvalue weighted by Gasteiger charge is -2.36. The minimum atomic E-state index is -1.23. The number of aryl methyl sites for hydroxylation is 2. The van der Waals surface area contributed by atoms with Gasteiger partial charge in [-0.05, 0) is 67.0 Å². The van der Waals surface area contributed by atoms with Crippen molar-refractivity contribution in [1.29, 1.82) is 0 Å². The second-order valence-electron chi connectivity index (χ2n) is 10.1. The van der Waals surface area contributed by atoms with Crippen molar-refractivity contribution in [2.45, 2.75) is 38.3 Å². The number of oxime groups is 1. The van der Waals surface area contributed by atoms with Gasteiger partial charge in [0.25, 0.3) is 5.91 Å². The van der Waals surface area contributed by atoms with E-state index >= 15 is 0 Å². The second-order valence-corrected chi connectivity index (χ2v) is 11.1. The smallest absolute Gasteiger partial charge is 0.252 e. The zero-order chi connectivity index (χ0) is 30.7. The molecule has 2 atom stereocenters. The van der Waals surface area contributed by atoms with Crippen LogP contribution in [-0.4, -0.2) is 76.8 Å². The zero-order valence-corrected chi connectivity index (χ0v) is 26.0. The third kappa shape index (κ3) is 6.09. The first-order chi connectivity index (χ1) is 20.7. The summed E-state index contributed by atoms with van der Waals surface area (Å²) in [6.07, 6.45) is 4.78. The van der Waals surface area contributed by atoms with Crippen LogP contribution in [-0.2, 0) is 23.8 Å².